The highest BCUT2D eigenvalue weighted by Gasteiger charge is 2.33. The van der Waals surface area contributed by atoms with Crippen molar-refractivity contribution in [2.24, 2.45) is 0 Å². The number of carbonyl (C=O) groups excluding carboxylic acids is 1. The van der Waals surface area contributed by atoms with Crippen LogP contribution in [0.2, 0.25) is 0 Å². The Hall–Kier alpha value is -1.24. The van der Waals surface area contributed by atoms with E-state index < -0.39 is 17.8 Å². The first-order valence-corrected chi connectivity index (χ1v) is 7.23. The van der Waals surface area contributed by atoms with Gasteiger partial charge in [-0.05, 0) is 31.4 Å². The summed E-state index contributed by atoms with van der Waals surface area (Å²) >= 11 is 3.27. The van der Waals surface area contributed by atoms with Crippen molar-refractivity contribution in [2.75, 3.05) is 17.3 Å². The van der Waals surface area contributed by atoms with Crippen LogP contribution in [0.1, 0.15) is 24.8 Å². The van der Waals surface area contributed by atoms with Crippen LogP contribution in [-0.4, -0.2) is 18.0 Å². The van der Waals surface area contributed by atoms with E-state index in [1.807, 2.05) is 0 Å². The number of unbranched alkanes of at least 4 members (excludes halogenated alkanes) is 2. The van der Waals surface area contributed by atoms with Gasteiger partial charge in [-0.1, -0.05) is 28.1 Å². The van der Waals surface area contributed by atoms with E-state index in [-0.39, 0.29) is 12.3 Å². The molecule has 7 heteroatoms. The first kappa shape index (κ1) is 16.8. The molecule has 0 unspecified atom stereocenters. The minimum absolute atomic E-state index is 0.188. The summed E-state index contributed by atoms with van der Waals surface area (Å²) in [6, 6.07) is 4.78. The summed E-state index contributed by atoms with van der Waals surface area (Å²) in [6.45, 7) is 0.188. The molecule has 0 atom stereocenters. The van der Waals surface area contributed by atoms with E-state index in [2.05, 4.69) is 21.2 Å². The number of rotatable bonds is 6. The molecular weight excluding hydrogens is 339 g/mol. The first-order valence-electron chi connectivity index (χ1n) is 6.11. The summed E-state index contributed by atoms with van der Waals surface area (Å²) < 4.78 is 42.9. The predicted molar refractivity (Wildman–Crippen MR) is 74.1 cm³/mol. The van der Waals surface area contributed by atoms with Crippen LogP contribution < -0.4 is 5.32 Å². The molecule has 0 radical (unpaired) electrons. The SMILES string of the molecule is O=C(Nc1ccccc1C(F)(F)F)OCCCCCBr. The van der Waals surface area contributed by atoms with Gasteiger partial charge in [0.2, 0.25) is 0 Å². The van der Waals surface area contributed by atoms with Crippen molar-refractivity contribution in [2.45, 2.75) is 25.4 Å². The Morgan fingerprint density at radius 3 is 2.55 bits per heavy atom. The number of para-hydroxylation sites is 1. The highest BCUT2D eigenvalue weighted by molar-refractivity contribution is 9.09. The number of nitrogens with one attached hydrogen (secondary N) is 1. The Bertz CT molecular complexity index is 438. The number of alkyl halides is 4. The molecule has 20 heavy (non-hydrogen) atoms. The minimum atomic E-state index is -4.51. The van der Waals surface area contributed by atoms with Gasteiger partial charge in [0.1, 0.15) is 0 Å². The van der Waals surface area contributed by atoms with E-state index in [1.54, 1.807) is 0 Å². The van der Waals surface area contributed by atoms with Gasteiger partial charge in [0.05, 0.1) is 17.9 Å². The molecule has 0 saturated carbocycles. The van der Waals surface area contributed by atoms with Crippen LogP contribution in [0, 0.1) is 0 Å². The van der Waals surface area contributed by atoms with E-state index in [0.29, 0.717) is 6.42 Å². The van der Waals surface area contributed by atoms with Gasteiger partial charge in [0.15, 0.2) is 0 Å². The second-order valence-corrected chi connectivity index (χ2v) is 4.85. The zero-order chi connectivity index (χ0) is 15.0. The molecule has 0 aromatic heterocycles. The molecule has 0 aliphatic heterocycles. The van der Waals surface area contributed by atoms with Gasteiger partial charge in [-0.3, -0.25) is 5.32 Å². The van der Waals surface area contributed by atoms with Crippen LogP contribution >= 0.6 is 15.9 Å². The van der Waals surface area contributed by atoms with Gasteiger partial charge in [0.25, 0.3) is 0 Å². The van der Waals surface area contributed by atoms with Crippen LogP contribution in [0.3, 0.4) is 0 Å². The topological polar surface area (TPSA) is 38.3 Å². The Morgan fingerprint density at radius 2 is 1.90 bits per heavy atom. The maximum atomic E-state index is 12.7. The molecule has 1 aromatic carbocycles. The van der Waals surface area contributed by atoms with Gasteiger partial charge in [-0.2, -0.15) is 13.2 Å². The molecule has 1 N–H and O–H groups in total. The van der Waals surface area contributed by atoms with E-state index >= 15 is 0 Å². The number of hydrogen-bond donors (Lipinski definition) is 1. The highest BCUT2D eigenvalue weighted by atomic mass is 79.9. The molecule has 0 aliphatic rings. The standard InChI is InChI=1S/C13H15BrF3NO2/c14-8-4-1-5-9-20-12(19)18-11-7-3-2-6-10(11)13(15,16)17/h2-3,6-7H,1,4-5,8-9H2,(H,18,19). The largest absolute Gasteiger partial charge is 0.449 e. The molecule has 0 fully saturated rings. The van der Waals surface area contributed by atoms with Crippen molar-refractivity contribution in [3.05, 3.63) is 29.8 Å². The second-order valence-electron chi connectivity index (χ2n) is 4.05. The third-order valence-electron chi connectivity index (χ3n) is 2.48. The second kappa shape index (κ2) is 8.14. The fourth-order valence-electron chi connectivity index (χ4n) is 1.52. The molecule has 3 nitrogen and oxygen atoms in total. The summed E-state index contributed by atoms with van der Waals surface area (Å²) in [7, 11) is 0. The maximum absolute atomic E-state index is 12.7. The zero-order valence-corrected chi connectivity index (χ0v) is 12.3. The van der Waals surface area contributed by atoms with Crippen molar-refractivity contribution in [1.82, 2.24) is 0 Å². The van der Waals surface area contributed by atoms with Gasteiger partial charge in [-0.15, -0.1) is 0 Å². The zero-order valence-electron chi connectivity index (χ0n) is 10.7. The smallest absolute Gasteiger partial charge is 0.418 e. The van der Waals surface area contributed by atoms with Crippen LogP contribution in [0.4, 0.5) is 23.7 Å². The molecule has 112 valence electrons. The van der Waals surface area contributed by atoms with Crippen molar-refractivity contribution in [1.29, 1.82) is 0 Å². The predicted octanol–water partition coefficient (Wildman–Crippen LogP) is 4.82. The molecule has 0 aliphatic carbocycles. The Labute approximate surface area is 123 Å². The average molecular weight is 354 g/mol. The average Bonchev–Trinajstić information content (AvgIpc) is 2.38. The number of ether oxygens (including phenoxy) is 1. The molecule has 1 rings (SSSR count). The molecular formula is C13H15BrF3NO2. The Balaban J connectivity index is 2.50. The number of carbonyl (C=O) groups is 1. The van der Waals surface area contributed by atoms with Crippen LogP contribution in [0.5, 0.6) is 0 Å². The highest BCUT2D eigenvalue weighted by Crippen LogP contribution is 2.34. The molecule has 0 bridgehead atoms. The van der Waals surface area contributed by atoms with E-state index in [0.717, 1.165) is 24.2 Å². The lowest BCUT2D eigenvalue weighted by Crippen LogP contribution is -2.18. The van der Waals surface area contributed by atoms with Gasteiger partial charge in [0, 0.05) is 5.33 Å². The Kier molecular flexibility index (Phi) is 6.84. The summed E-state index contributed by atoms with van der Waals surface area (Å²) in [4.78, 5) is 11.4. The third-order valence-corrected chi connectivity index (χ3v) is 3.04. The molecule has 0 spiro atoms. The van der Waals surface area contributed by atoms with Gasteiger partial charge in [-0.25, -0.2) is 4.79 Å². The summed E-state index contributed by atoms with van der Waals surface area (Å²) in [5.74, 6) is 0. The van der Waals surface area contributed by atoms with Crippen molar-refractivity contribution >= 4 is 27.7 Å². The fraction of sp³-hybridized carbons (Fsp3) is 0.462. The van der Waals surface area contributed by atoms with E-state index in [1.165, 1.54) is 18.2 Å². The van der Waals surface area contributed by atoms with Crippen LogP contribution in [-0.2, 0) is 10.9 Å². The number of amides is 1. The van der Waals surface area contributed by atoms with Gasteiger partial charge >= 0.3 is 12.3 Å². The quantitative estimate of drug-likeness (QED) is 0.588. The summed E-state index contributed by atoms with van der Waals surface area (Å²) in [6.07, 6.45) is -2.86. The van der Waals surface area contributed by atoms with Crippen molar-refractivity contribution in [3.63, 3.8) is 0 Å². The lowest BCUT2D eigenvalue weighted by Gasteiger charge is -2.13. The normalized spacial score (nSPS) is 11.2. The number of halogens is 4. The Morgan fingerprint density at radius 1 is 1.20 bits per heavy atom. The lowest BCUT2D eigenvalue weighted by atomic mass is 10.2. The molecule has 0 heterocycles. The van der Waals surface area contributed by atoms with Crippen molar-refractivity contribution in [3.8, 4) is 0 Å². The van der Waals surface area contributed by atoms with E-state index in [4.69, 9.17) is 4.74 Å². The monoisotopic (exact) mass is 353 g/mol. The summed E-state index contributed by atoms with van der Waals surface area (Å²) in [5, 5.41) is 2.99. The van der Waals surface area contributed by atoms with Crippen molar-refractivity contribution < 1.29 is 22.7 Å². The number of benzene rings is 1. The van der Waals surface area contributed by atoms with E-state index in [9.17, 15) is 18.0 Å². The van der Waals surface area contributed by atoms with Crippen LogP contribution in [0.25, 0.3) is 0 Å². The van der Waals surface area contributed by atoms with Gasteiger partial charge < -0.3 is 4.74 Å². The molecule has 1 aromatic rings. The number of hydrogen-bond acceptors (Lipinski definition) is 2. The maximum Gasteiger partial charge on any atom is 0.418 e. The fourth-order valence-corrected chi connectivity index (χ4v) is 1.92. The lowest BCUT2D eigenvalue weighted by molar-refractivity contribution is -0.136. The summed E-state index contributed by atoms with van der Waals surface area (Å²) in [5.41, 5.74) is -1.19. The minimum Gasteiger partial charge on any atom is -0.449 e. The molecule has 1 amide bonds. The molecule has 0 saturated heterocycles. The first-order chi connectivity index (χ1) is 9.45. The number of anilines is 1. The van der Waals surface area contributed by atoms with Crippen LogP contribution in [0.15, 0.2) is 24.3 Å². The third kappa shape index (κ3) is 5.81.